The van der Waals surface area contributed by atoms with Crippen LogP contribution in [0.3, 0.4) is 0 Å². The maximum Gasteiger partial charge on any atom is 0.328 e. The Bertz CT molecular complexity index is 1080. The normalized spacial score (nSPS) is 11.0. The number of unbranched alkanes of at least 4 members (excludes halogenated alkanes) is 2. The maximum atomic E-state index is 13.0. The van der Waals surface area contributed by atoms with Gasteiger partial charge in [-0.1, -0.05) is 49.6 Å². The van der Waals surface area contributed by atoms with Gasteiger partial charge in [-0.05, 0) is 37.5 Å². The van der Waals surface area contributed by atoms with Crippen LogP contribution >= 0.6 is 0 Å². The van der Waals surface area contributed by atoms with E-state index in [2.05, 4.69) is 11.9 Å². The summed E-state index contributed by atoms with van der Waals surface area (Å²) in [7, 11) is 1.54. The van der Waals surface area contributed by atoms with Crippen LogP contribution in [0.2, 0.25) is 0 Å². The monoisotopic (exact) mass is 396 g/mol. The second-order valence-electron chi connectivity index (χ2n) is 7.20. The first kappa shape index (κ1) is 20.7. The number of rotatable bonds is 9. The Hall–Kier alpha value is -3.02. The standard InChI is InChI=1S/C23H28N2O4/c1-4-5-6-15-29-21-19(28-3)12-11-18-20(21)24-23(27)25(22(18)26)14-13-17-9-7-16(2)8-10-17/h7-12H,4-6,13-15H2,1-3H3,(H,24,27). The molecule has 0 atom stereocenters. The van der Waals surface area contributed by atoms with Crippen LogP contribution in [-0.4, -0.2) is 23.3 Å². The van der Waals surface area contributed by atoms with Crippen molar-refractivity contribution in [3.63, 3.8) is 0 Å². The molecule has 0 fully saturated rings. The van der Waals surface area contributed by atoms with Crippen molar-refractivity contribution in [2.75, 3.05) is 13.7 Å². The number of benzene rings is 2. The quantitative estimate of drug-likeness (QED) is 0.558. The second-order valence-corrected chi connectivity index (χ2v) is 7.20. The summed E-state index contributed by atoms with van der Waals surface area (Å²) in [5.74, 6) is 0.919. The molecule has 6 nitrogen and oxygen atoms in total. The molecule has 6 heteroatoms. The smallest absolute Gasteiger partial charge is 0.328 e. The first-order valence-corrected chi connectivity index (χ1v) is 10.1. The van der Waals surface area contributed by atoms with Gasteiger partial charge in [-0.3, -0.25) is 9.36 Å². The van der Waals surface area contributed by atoms with Crippen LogP contribution in [0, 0.1) is 6.92 Å². The molecule has 0 aliphatic carbocycles. The predicted octanol–water partition coefficient (Wildman–Crippen LogP) is 3.82. The number of aromatic amines is 1. The van der Waals surface area contributed by atoms with Gasteiger partial charge in [0.1, 0.15) is 5.52 Å². The third-order valence-corrected chi connectivity index (χ3v) is 5.03. The van der Waals surface area contributed by atoms with E-state index in [0.717, 1.165) is 24.8 Å². The van der Waals surface area contributed by atoms with Crippen molar-refractivity contribution < 1.29 is 9.47 Å². The summed E-state index contributed by atoms with van der Waals surface area (Å²) in [6.45, 7) is 4.96. The van der Waals surface area contributed by atoms with Crippen LogP contribution in [0.15, 0.2) is 46.0 Å². The molecule has 0 spiro atoms. The van der Waals surface area contributed by atoms with E-state index < -0.39 is 5.69 Å². The van der Waals surface area contributed by atoms with E-state index in [0.29, 0.717) is 42.0 Å². The number of ether oxygens (including phenoxy) is 2. The van der Waals surface area contributed by atoms with Crippen LogP contribution in [0.1, 0.15) is 37.3 Å². The molecule has 0 saturated carbocycles. The van der Waals surface area contributed by atoms with Gasteiger partial charge in [0.05, 0.1) is 19.1 Å². The van der Waals surface area contributed by atoms with E-state index in [1.165, 1.54) is 10.1 Å². The lowest BCUT2D eigenvalue weighted by Crippen LogP contribution is -2.35. The maximum absolute atomic E-state index is 13.0. The molecule has 3 aromatic rings. The Balaban J connectivity index is 1.94. The van der Waals surface area contributed by atoms with E-state index in [4.69, 9.17) is 9.47 Å². The molecule has 1 N–H and O–H groups in total. The summed E-state index contributed by atoms with van der Waals surface area (Å²) in [6, 6.07) is 11.5. The molecular formula is C23H28N2O4. The molecule has 0 aliphatic heterocycles. The molecule has 1 aromatic heterocycles. The van der Waals surface area contributed by atoms with Crippen LogP contribution in [0.4, 0.5) is 0 Å². The Labute approximate surface area is 170 Å². The number of aryl methyl sites for hydroxylation is 2. The number of nitrogens with zero attached hydrogens (tertiary/aromatic N) is 1. The van der Waals surface area contributed by atoms with E-state index in [1.807, 2.05) is 31.2 Å². The third-order valence-electron chi connectivity index (χ3n) is 5.03. The largest absolute Gasteiger partial charge is 0.493 e. The SMILES string of the molecule is CCCCCOc1c(OC)ccc2c(=O)n(CCc3ccc(C)cc3)c(=O)[nH]c12. The van der Waals surface area contributed by atoms with Gasteiger partial charge in [0, 0.05) is 6.54 Å². The summed E-state index contributed by atoms with van der Waals surface area (Å²) in [5, 5.41) is 0.416. The molecule has 0 amide bonds. The zero-order chi connectivity index (χ0) is 20.8. The van der Waals surface area contributed by atoms with Crippen LogP contribution < -0.4 is 20.7 Å². The molecule has 2 aromatic carbocycles. The highest BCUT2D eigenvalue weighted by Crippen LogP contribution is 2.32. The van der Waals surface area contributed by atoms with Crippen molar-refractivity contribution in [2.24, 2.45) is 0 Å². The summed E-state index contributed by atoms with van der Waals surface area (Å²) in [4.78, 5) is 28.5. The zero-order valence-electron chi connectivity index (χ0n) is 17.3. The Morgan fingerprint density at radius 1 is 1.03 bits per heavy atom. The second kappa shape index (κ2) is 9.45. The highest BCUT2D eigenvalue weighted by molar-refractivity contribution is 5.86. The first-order chi connectivity index (χ1) is 14.0. The number of aromatic nitrogens is 2. The highest BCUT2D eigenvalue weighted by atomic mass is 16.5. The van der Waals surface area contributed by atoms with Gasteiger partial charge in [-0.25, -0.2) is 4.79 Å². The van der Waals surface area contributed by atoms with Crippen LogP contribution in [0.25, 0.3) is 10.9 Å². The lowest BCUT2D eigenvalue weighted by Gasteiger charge is -2.14. The molecule has 29 heavy (non-hydrogen) atoms. The van der Waals surface area contributed by atoms with Gasteiger partial charge in [-0.15, -0.1) is 0 Å². The number of H-pyrrole nitrogens is 1. The van der Waals surface area contributed by atoms with Gasteiger partial charge in [0.25, 0.3) is 5.56 Å². The number of methoxy groups -OCH3 is 1. The summed E-state index contributed by atoms with van der Waals surface area (Å²) < 4.78 is 12.5. The molecule has 0 bridgehead atoms. The Morgan fingerprint density at radius 3 is 2.48 bits per heavy atom. The molecule has 0 unspecified atom stereocenters. The molecular weight excluding hydrogens is 368 g/mol. The minimum Gasteiger partial charge on any atom is -0.493 e. The summed E-state index contributed by atoms with van der Waals surface area (Å²) in [5.41, 5.74) is 1.88. The van der Waals surface area contributed by atoms with Crippen molar-refractivity contribution in [3.05, 3.63) is 68.4 Å². The van der Waals surface area contributed by atoms with E-state index in [1.54, 1.807) is 19.2 Å². The van der Waals surface area contributed by atoms with Crippen molar-refractivity contribution in [1.29, 1.82) is 0 Å². The highest BCUT2D eigenvalue weighted by Gasteiger charge is 2.16. The van der Waals surface area contributed by atoms with Gasteiger partial charge in [-0.2, -0.15) is 0 Å². The minimum absolute atomic E-state index is 0.311. The average molecular weight is 396 g/mol. The number of nitrogens with one attached hydrogen (secondary N) is 1. The molecule has 3 rings (SSSR count). The lowest BCUT2D eigenvalue weighted by atomic mass is 10.1. The number of hydrogen-bond acceptors (Lipinski definition) is 4. The van der Waals surface area contributed by atoms with Gasteiger partial charge in [0.2, 0.25) is 0 Å². The zero-order valence-corrected chi connectivity index (χ0v) is 17.3. The molecule has 0 radical (unpaired) electrons. The fraction of sp³-hybridized carbons (Fsp3) is 0.391. The van der Waals surface area contributed by atoms with Crippen LogP contribution in [-0.2, 0) is 13.0 Å². The van der Waals surface area contributed by atoms with Crippen molar-refractivity contribution >= 4 is 10.9 Å². The van der Waals surface area contributed by atoms with Gasteiger partial charge < -0.3 is 14.5 Å². The molecule has 0 saturated heterocycles. The minimum atomic E-state index is -0.443. The first-order valence-electron chi connectivity index (χ1n) is 10.1. The molecule has 0 aliphatic rings. The van der Waals surface area contributed by atoms with Crippen molar-refractivity contribution in [3.8, 4) is 11.5 Å². The third kappa shape index (κ3) is 4.70. The van der Waals surface area contributed by atoms with E-state index >= 15 is 0 Å². The summed E-state index contributed by atoms with van der Waals surface area (Å²) in [6.07, 6.45) is 3.63. The molecule has 154 valence electrons. The number of fused-ring (bicyclic) bond motifs is 1. The van der Waals surface area contributed by atoms with Crippen molar-refractivity contribution in [1.82, 2.24) is 9.55 Å². The topological polar surface area (TPSA) is 73.3 Å². The summed E-state index contributed by atoms with van der Waals surface area (Å²) >= 11 is 0. The fourth-order valence-corrected chi connectivity index (χ4v) is 3.31. The Morgan fingerprint density at radius 2 is 1.79 bits per heavy atom. The molecule has 1 heterocycles. The predicted molar refractivity (Wildman–Crippen MR) is 115 cm³/mol. The fourth-order valence-electron chi connectivity index (χ4n) is 3.31. The lowest BCUT2D eigenvalue weighted by molar-refractivity contribution is 0.289. The van der Waals surface area contributed by atoms with E-state index in [9.17, 15) is 9.59 Å². The van der Waals surface area contributed by atoms with Gasteiger partial charge in [0.15, 0.2) is 11.5 Å². The number of hydrogen-bond donors (Lipinski definition) is 1. The van der Waals surface area contributed by atoms with Crippen LogP contribution in [0.5, 0.6) is 11.5 Å². The van der Waals surface area contributed by atoms with E-state index in [-0.39, 0.29) is 5.56 Å². The van der Waals surface area contributed by atoms with Gasteiger partial charge >= 0.3 is 5.69 Å². The average Bonchev–Trinajstić information content (AvgIpc) is 2.72. The van der Waals surface area contributed by atoms with Crippen molar-refractivity contribution in [2.45, 2.75) is 46.1 Å². The Kier molecular flexibility index (Phi) is 6.75.